The smallest absolute Gasteiger partial charge is 0.253 e. The molecule has 0 spiro atoms. The van der Waals surface area contributed by atoms with Gasteiger partial charge in [-0.15, -0.1) is 0 Å². The van der Waals surface area contributed by atoms with E-state index < -0.39 is 5.91 Å². The molecule has 0 aromatic heterocycles. The Labute approximate surface area is 149 Å². The molecule has 0 atom stereocenters. The van der Waals surface area contributed by atoms with Gasteiger partial charge in [-0.2, -0.15) is 0 Å². The zero-order valence-corrected chi connectivity index (χ0v) is 14.2. The number of aromatic hydroxyl groups is 1. The van der Waals surface area contributed by atoms with Crippen molar-refractivity contribution in [1.29, 1.82) is 0 Å². The van der Waals surface area contributed by atoms with Crippen LogP contribution >= 0.6 is 23.2 Å². The second-order valence-electron chi connectivity index (χ2n) is 5.08. The molecule has 7 heteroatoms. The summed E-state index contributed by atoms with van der Waals surface area (Å²) in [4.78, 5) is 23.7. The van der Waals surface area contributed by atoms with E-state index in [9.17, 15) is 14.7 Å². The standard InChI is InChI=1S/C17H16Cl2N2O3/c18-12-4-5-14(15(19)9-12)17(24)21-10-16(23)20-7-6-11-2-1-3-13(22)8-11/h1-5,8-9,22H,6-7,10H2,(H,20,23)(H,21,24). The Hall–Kier alpha value is -2.24. The summed E-state index contributed by atoms with van der Waals surface area (Å²) in [5, 5.41) is 15.2. The molecule has 126 valence electrons. The van der Waals surface area contributed by atoms with Gasteiger partial charge in [-0.05, 0) is 42.3 Å². The number of carbonyl (C=O) groups excluding carboxylic acids is 2. The molecule has 0 saturated heterocycles. The Bertz CT molecular complexity index is 750. The number of nitrogens with one attached hydrogen (secondary N) is 2. The lowest BCUT2D eigenvalue weighted by Crippen LogP contribution is -2.37. The number of benzene rings is 2. The Kier molecular flexibility index (Phi) is 6.46. The number of hydrogen-bond acceptors (Lipinski definition) is 3. The van der Waals surface area contributed by atoms with Crippen LogP contribution in [0, 0.1) is 0 Å². The third-order valence-electron chi connectivity index (χ3n) is 3.23. The highest BCUT2D eigenvalue weighted by Gasteiger charge is 2.11. The predicted molar refractivity (Wildman–Crippen MR) is 93.6 cm³/mol. The number of carbonyl (C=O) groups is 2. The Balaban J connectivity index is 1.75. The molecule has 2 aromatic rings. The van der Waals surface area contributed by atoms with Crippen LogP contribution < -0.4 is 10.6 Å². The van der Waals surface area contributed by atoms with Gasteiger partial charge in [0.15, 0.2) is 0 Å². The summed E-state index contributed by atoms with van der Waals surface area (Å²) >= 11 is 11.7. The van der Waals surface area contributed by atoms with Crippen LogP contribution in [0.4, 0.5) is 0 Å². The first kappa shape index (κ1) is 18.1. The van der Waals surface area contributed by atoms with Crippen molar-refractivity contribution < 1.29 is 14.7 Å². The van der Waals surface area contributed by atoms with Crippen LogP contribution in [0.2, 0.25) is 10.0 Å². The molecular weight excluding hydrogens is 351 g/mol. The molecule has 0 bridgehead atoms. The first-order valence-corrected chi connectivity index (χ1v) is 7.99. The summed E-state index contributed by atoms with van der Waals surface area (Å²) in [6.45, 7) is 0.248. The van der Waals surface area contributed by atoms with E-state index in [0.29, 0.717) is 18.0 Å². The molecule has 2 amide bonds. The molecule has 0 saturated carbocycles. The summed E-state index contributed by atoms with van der Waals surface area (Å²) in [7, 11) is 0. The van der Waals surface area contributed by atoms with Crippen LogP contribution in [0.3, 0.4) is 0 Å². The van der Waals surface area contributed by atoms with E-state index in [4.69, 9.17) is 23.2 Å². The maximum Gasteiger partial charge on any atom is 0.253 e. The molecule has 0 aliphatic rings. The summed E-state index contributed by atoms with van der Waals surface area (Å²) < 4.78 is 0. The van der Waals surface area contributed by atoms with E-state index in [1.165, 1.54) is 12.1 Å². The second-order valence-corrected chi connectivity index (χ2v) is 5.92. The highest BCUT2D eigenvalue weighted by atomic mass is 35.5. The molecule has 0 fully saturated rings. The minimum absolute atomic E-state index is 0.155. The maximum atomic E-state index is 12.0. The van der Waals surface area contributed by atoms with Crippen LogP contribution in [0.15, 0.2) is 42.5 Å². The molecule has 0 aliphatic carbocycles. The number of hydrogen-bond donors (Lipinski definition) is 3. The Morgan fingerprint density at radius 1 is 1.04 bits per heavy atom. The van der Waals surface area contributed by atoms with E-state index in [0.717, 1.165) is 5.56 Å². The van der Waals surface area contributed by atoms with Gasteiger partial charge in [0.1, 0.15) is 5.75 Å². The van der Waals surface area contributed by atoms with Gasteiger partial charge in [-0.25, -0.2) is 0 Å². The monoisotopic (exact) mass is 366 g/mol. The van der Waals surface area contributed by atoms with Crippen molar-refractivity contribution in [2.24, 2.45) is 0 Å². The third kappa shape index (κ3) is 5.44. The second kappa shape index (κ2) is 8.57. The minimum Gasteiger partial charge on any atom is -0.508 e. The van der Waals surface area contributed by atoms with Gasteiger partial charge in [0, 0.05) is 11.6 Å². The highest BCUT2D eigenvalue weighted by molar-refractivity contribution is 6.36. The summed E-state index contributed by atoms with van der Waals surface area (Å²) in [6.07, 6.45) is 0.580. The lowest BCUT2D eigenvalue weighted by Gasteiger charge is -2.08. The van der Waals surface area contributed by atoms with Crippen LogP contribution in [0.5, 0.6) is 5.75 Å². The van der Waals surface area contributed by atoms with Crippen LogP contribution in [0.25, 0.3) is 0 Å². The number of phenolic OH excluding ortho intramolecular Hbond substituents is 1. The van der Waals surface area contributed by atoms with Gasteiger partial charge in [0.2, 0.25) is 5.91 Å². The molecule has 2 rings (SSSR count). The normalized spacial score (nSPS) is 10.2. The fraction of sp³-hybridized carbons (Fsp3) is 0.176. The topological polar surface area (TPSA) is 78.4 Å². The van der Waals surface area contributed by atoms with E-state index in [1.54, 1.807) is 24.3 Å². The zero-order chi connectivity index (χ0) is 17.5. The minimum atomic E-state index is -0.445. The Morgan fingerprint density at radius 2 is 1.83 bits per heavy atom. The van der Waals surface area contributed by atoms with Crippen LogP contribution in [-0.4, -0.2) is 30.0 Å². The average molecular weight is 367 g/mol. The van der Waals surface area contributed by atoms with Crippen molar-refractivity contribution in [3.05, 3.63) is 63.6 Å². The van der Waals surface area contributed by atoms with Crippen molar-refractivity contribution in [1.82, 2.24) is 10.6 Å². The molecule has 0 radical (unpaired) electrons. The molecule has 24 heavy (non-hydrogen) atoms. The van der Waals surface area contributed by atoms with Crippen molar-refractivity contribution >= 4 is 35.0 Å². The summed E-state index contributed by atoms with van der Waals surface area (Å²) in [5.41, 5.74) is 1.17. The molecule has 0 heterocycles. The first-order valence-electron chi connectivity index (χ1n) is 7.23. The first-order chi connectivity index (χ1) is 11.5. The van der Waals surface area contributed by atoms with E-state index in [-0.39, 0.29) is 28.8 Å². The number of rotatable bonds is 6. The SMILES string of the molecule is O=C(CNC(=O)c1ccc(Cl)cc1Cl)NCCc1cccc(O)c1. The molecular formula is C17H16Cl2N2O3. The predicted octanol–water partition coefficient (Wildman–Crippen LogP) is 2.79. The van der Waals surface area contributed by atoms with Crippen molar-refractivity contribution in [3.8, 4) is 5.75 Å². The van der Waals surface area contributed by atoms with Gasteiger partial charge >= 0.3 is 0 Å². The lowest BCUT2D eigenvalue weighted by atomic mass is 10.1. The van der Waals surface area contributed by atoms with E-state index >= 15 is 0 Å². The number of amides is 2. The van der Waals surface area contributed by atoms with Gasteiger partial charge < -0.3 is 15.7 Å². The Morgan fingerprint density at radius 3 is 2.54 bits per heavy atom. The van der Waals surface area contributed by atoms with E-state index in [2.05, 4.69) is 10.6 Å². The molecule has 3 N–H and O–H groups in total. The molecule has 0 aliphatic heterocycles. The quantitative estimate of drug-likeness (QED) is 0.735. The van der Waals surface area contributed by atoms with Crippen molar-refractivity contribution in [3.63, 3.8) is 0 Å². The van der Waals surface area contributed by atoms with Gasteiger partial charge in [0.05, 0.1) is 17.1 Å². The molecule has 5 nitrogen and oxygen atoms in total. The fourth-order valence-electron chi connectivity index (χ4n) is 2.05. The number of halogens is 2. The largest absolute Gasteiger partial charge is 0.508 e. The summed E-state index contributed by atoms with van der Waals surface area (Å²) in [5.74, 6) is -0.570. The van der Waals surface area contributed by atoms with Gasteiger partial charge in [0.25, 0.3) is 5.91 Å². The number of phenols is 1. The summed E-state index contributed by atoms with van der Waals surface area (Å²) in [6, 6.07) is 11.3. The van der Waals surface area contributed by atoms with Gasteiger partial charge in [-0.3, -0.25) is 9.59 Å². The third-order valence-corrected chi connectivity index (χ3v) is 3.78. The van der Waals surface area contributed by atoms with Crippen LogP contribution in [0.1, 0.15) is 15.9 Å². The molecule has 0 unspecified atom stereocenters. The average Bonchev–Trinajstić information content (AvgIpc) is 2.53. The van der Waals surface area contributed by atoms with E-state index in [1.807, 2.05) is 6.07 Å². The van der Waals surface area contributed by atoms with Crippen LogP contribution in [-0.2, 0) is 11.2 Å². The van der Waals surface area contributed by atoms with Crippen molar-refractivity contribution in [2.75, 3.05) is 13.1 Å². The van der Waals surface area contributed by atoms with Gasteiger partial charge in [-0.1, -0.05) is 35.3 Å². The zero-order valence-electron chi connectivity index (χ0n) is 12.7. The lowest BCUT2D eigenvalue weighted by molar-refractivity contribution is -0.120. The maximum absolute atomic E-state index is 12.0. The van der Waals surface area contributed by atoms with Crippen molar-refractivity contribution in [2.45, 2.75) is 6.42 Å². The molecule has 2 aromatic carbocycles. The fourth-order valence-corrected chi connectivity index (χ4v) is 2.54. The highest BCUT2D eigenvalue weighted by Crippen LogP contribution is 2.20.